The molecule has 1 aliphatic carbocycles. The number of hydrogen-bond donors (Lipinski definition) is 0. The summed E-state index contributed by atoms with van der Waals surface area (Å²) in [6.45, 7) is 0. The van der Waals surface area contributed by atoms with Gasteiger partial charge >= 0.3 is 5.97 Å². The zero-order valence-corrected chi connectivity index (χ0v) is 12.8. The Balaban J connectivity index is 1.47. The zero-order chi connectivity index (χ0) is 15.0. The van der Waals surface area contributed by atoms with Gasteiger partial charge in [-0.1, -0.05) is 48.5 Å². The highest BCUT2D eigenvalue weighted by molar-refractivity contribution is 7.99. The minimum atomic E-state index is -0.634. The van der Waals surface area contributed by atoms with Crippen molar-refractivity contribution in [3.63, 3.8) is 0 Å². The summed E-state index contributed by atoms with van der Waals surface area (Å²) in [5.41, 5.74) is 1.50. The van der Waals surface area contributed by atoms with Gasteiger partial charge in [-0.3, -0.25) is 0 Å². The lowest BCUT2D eigenvalue weighted by atomic mass is 10.2. The van der Waals surface area contributed by atoms with Crippen molar-refractivity contribution >= 4 is 23.6 Å². The molecule has 110 valence electrons. The van der Waals surface area contributed by atoms with E-state index >= 15 is 0 Å². The number of nitrogens with zero attached hydrogens (tertiary/aromatic N) is 1. The standard InChI is InChI=1S/C18H15NO2S/c20-17-18(19-16(21-17)14-9-5-2-6-10-14)11-15(18)22-12-13-7-3-1-4-8-13/h1-10,15H,11-12H2/t15-,18+/m0/s1. The summed E-state index contributed by atoms with van der Waals surface area (Å²) >= 11 is 1.78. The van der Waals surface area contributed by atoms with Crippen LogP contribution in [0.15, 0.2) is 65.7 Å². The molecule has 0 unspecified atom stereocenters. The molecule has 1 saturated carbocycles. The van der Waals surface area contributed by atoms with E-state index in [0.717, 1.165) is 17.7 Å². The molecule has 0 bridgehead atoms. The maximum Gasteiger partial charge on any atom is 0.342 e. The third-order valence-corrected chi connectivity index (χ3v) is 5.49. The van der Waals surface area contributed by atoms with Crippen LogP contribution in [-0.4, -0.2) is 22.7 Å². The second-order valence-electron chi connectivity index (χ2n) is 5.59. The quantitative estimate of drug-likeness (QED) is 0.812. The third kappa shape index (κ3) is 2.33. The summed E-state index contributed by atoms with van der Waals surface area (Å²) < 4.78 is 5.41. The highest BCUT2D eigenvalue weighted by Gasteiger charge is 2.65. The topological polar surface area (TPSA) is 38.7 Å². The van der Waals surface area contributed by atoms with Crippen LogP contribution in [0.25, 0.3) is 0 Å². The number of hydrogen-bond acceptors (Lipinski definition) is 4. The first-order valence-electron chi connectivity index (χ1n) is 7.31. The third-order valence-electron chi connectivity index (χ3n) is 4.03. The van der Waals surface area contributed by atoms with Gasteiger partial charge in [-0.25, -0.2) is 9.79 Å². The van der Waals surface area contributed by atoms with Crippen molar-refractivity contribution in [1.82, 2.24) is 0 Å². The van der Waals surface area contributed by atoms with Crippen LogP contribution in [0.3, 0.4) is 0 Å². The molecular weight excluding hydrogens is 294 g/mol. The monoisotopic (exact) mass is 309 g/mol. The first kappa shape index (κ1) is 13.6. The van der Waals surface area contributed by atoms with Crippen LogP contribution in [0.4, 0.5) is 0 Å². The lowest BCUT2D eigenvalue weighted by molar-refractivity contribution is -0.135. The van der Waals surface area contributed by atoms with Crippen LogP contribution in [-0.2, 0) is 15.3 Å². The molecular formula is C18H15NO2S. The average Bonchev–Trinajstić information content (AvgIpc) is 3.18. The molecule has 2 aliphatic rings. The van der Waals surface area contributed by atoms with E-state index in [0.29, 0.717) is 5.90 Å². The molecule has 1 aliphatic heterocycles. The molecule has 22 heavy (non-hydrogen) atoms. The van der Waals surface area contributed by atoms with E-state index < -0.39 is 5.54 Å². The van der Waals surface area contributed by atoms with Crippen molar-refractivity contribution < 1.29 is 9.53 Å². The lowest BCUT2D eigenvalue weighted by Gasteiger charge is -2.02. The number of esters is 1. The van der Waals surface area contributed by atoms with E-state index in [1.54, 1.807) is 11.8 Å². The van der Waals surface area contributed by atoms with Crippen LogP contribution < -0.4 is 0 Å². The number of carbonyl (C=O) groups excluding carboxylic acids is 1. The molecule has 4 rings (SSSR count). The minimum absolute atomic E-state index is 0.197. The Morgan fingerprint density at radius 1 is 1.09 bits per heavy atom. The van der Waals surface area contributed by atoms with Gasteiger partial charge in [-0.2, -0.15) is 11.8 Å². The molecule has 3 nitrogen and oxygen atoms in total. The average molecular weight is 309 g/mol. The van der Waals surface area contributed by atoms with Gasteiger partial charge in [0.2, 0.25) is 5.90 Å². The van der Waals surface area contributed by atoms with Crippen molar-refractivity contribution in [3.8, 4) is 0 Å². The molecule has 2 aromatic rings. The van der Waals surface area contributed by atoms with Gasteiger partial charge in [-0.05, 0) is 24.1 Å². The Morgan fingerprint density at radius 3 is 2.50 bits per heavy atom. The van der Waals surface area contributed by atoms with Gasteiger partial charge in [0, 0.05) is 16.6 Å². The van der Waals surface area contributed by atoms with Crippen LogP contribution in [0.5, 0.6) is 0 Å². The number of ether oxygens (including phenoxy) is 1. The number of thioether (sulfide) groups is 1. The van der Waals surface area contributed by atoms with Crippen LogP contribution >= 0.6 is 11.8 Å². The maximum absolute atomic E-state index is 12.2. The fraction of sp³-hybridized carbons (Fsp3) is 0.222. The fourth-order valence-electron chi connectivity index (χ4n) is 2.65. The molecule has 0 saturated heterocycles. The second kappa shape index (κ2) is 5.29. The molecule has 0 radical (unpaired) electrons. The highest BCUT2D eigenvalue weighted by atomic mass is 32.2. The number of rotatable bonds is 4. The highest BCUT2D eigenvalue weighted by Crippen LogP contribution is 2.53. The SMILES string of the molecule is O=C1OC(c2ccccc2)=N[C@@]12C[C@@H]2SCc1ccccc1. The maximum atomic E-state index is 12.2. The first-order valence-corrected chi connectivity index (χ1v) is 8.36. The van der Waals surface area contributed by atoms with Crippen molar-refractivity contribution in [3.05, 3.63) is 71.8 Å². The summed E-state index contributed by atoms with van der Waals surface area (Å²) in [5.74, 6) is 1.17. The van der Waals surface area contributed by atoms with Crippen molar-refractivity contribution in [1.29, 1.82) is 0 Å². The molecule has 1 fully saturated rings. The summed E-state index contributed by atoms with van der Waals surface area (Å²) in [7, 11) is 0. The summed E-state index contributed by atoms with van der Waals surface area (Å²) in [5, 5.41) is 0.224. The normalized spacial score (nSPS) is 25.9. The second-order valence-corrected chi connectivity index (χ2v) is 6.78. The van der Waals surface area contributed by atoms with E-state index in [9.17, 15) is 4.79 Å². The van der Waals surface area contributed by atoms with E-state index in [1.807, 2.05) is 48.5 Å². The Labute approximate surface area is 133 Å². The van der Waals surface area contributed by atoms with Gasteiger partial charge in [-0.15, -0.1) is 0 Å². The Bertz CT molecular complexity index is 729. The largest absolute Gasteiger partial charge is 0.405 e. The number of benzene rings is 2. The first-order chi connectivity index (χ1) is 10.8. The van der Waals surface area contributed by atoms with Crippen LogP contribution in [0.2, 0.25) is 0 Å². The van der Waals surface area contributed by atoms with Gasteiger partial charge in [0.15, 0.2) is 5.54 Å². The molecule has 4 heteroatoms. The molecule has 2 atom stereocenters. The van der Waals surface area contributed by atoms with Gasteiger partial charge in [0.05, 0.1) is 0 Å². The van der Waals surface area contributed by atoms with Crippen LogP contribution in [0.1, 0.15) is 17.5 Å². The molecule has 0 aromatic heterocycles. The zero-order valence-electron chi connectivity index (χ0n) is 11.9. The molecule has 1 heterocycles. The molecule has 0 N–H and O–H groups in total. The smallest absolute Gasteiger partial charge is 0.342 e. The molecule has 2 aromatic carbocycles. The number of carbonyl (C=O) groups is 1. The molecule has 1 spiro atoms. The van der Waals surface area contributed by atoms with Gasteiger partial charge in [0.1, 0.15) is 0 Å². The van der Waals surface area contributed by atoms with Gasteiger partial charge in [0.25, 0.3) is 0 Å². The van der Waals surface area contributed by atoms with Crippen molar-refractivity contribution in [2.24, 2.45) is 4.99 Å². The predicted molar refractivity (Wildman–Crippen MR) is 87.9 cm³/mol. The Kier molecular flexibility index (Phi) is 3.26. The number of cyclic esters (lactones) is 1. The fourth-order valence-corrected chi connectivity index (χ4v) is 4.04. The van der Waals surface area contributed by atoms with Gasteiger partial charge < -0.3 is 4.74 Å². The Hall–Kier alpha value is -2.07. The van der Waals surface area contributed by atoms with Crippen LogP contribution in [0, 0.1) is 0 Å². The van der Waals surface area contributed by atoms with E-state index in [4.69, 9.17) is 4.74 Å². The van der Waals surface area contributed by atoms with E-state index in [-0.39, 0.29) is 11.2 Å². The summed E-state index contributed by atoms with van der Waals surface area (Å²) in [6.07, 6.45) is 0.777. The van der Waals surface area contributed by atoms with E-state index in [2.05, 4.69) is 17.1 Å². The predicted octanol–water partition coefficient (Wildman–Crippen LogP) is 3.43. The molecule has 0 amide bonds. The number of aliphatic imine (C=N–C) groups is 1. The van der Waals surface area contributed by atoms with Crippen molar-refractivity contribution in [2.45, 2.75) is 23.0 Å². The summed E-state index contributed by atoms with van der Waals surface area (Å²) in [6, 6.07) is 19.9. The summed E-state index contributed by atoms with van der Waals surface area (Å²) in [4.78, 5) is 16.8. The lowest BCUT2D eigenvalue weighted by Crippen LogP contribution is -2.20. The Morgan fingerprint density at radius 2 is 1.77 bits per heavy atom. The van der Waals surface area contributed by atoms with Crippen molar-refractivity contribution in [2.75, 3.05) is 0 Å². The van der Waals surface area contributed by atoms with E-state index in [1.165, 1.54) is 5.56 Å². The minimum Gasteiger partial charge on any atom is -0.405 e.